The molecule has 1 atom stereocenters. The van der Waals surface area contributed by atoms with Crippen LogP contribution in [0.5, 0.6) is 23.0 Å². The molecule has 0 aliphatic carbocycles. The molecule has 0 aromatic heterocycles. The van der Waals surface area contributed by atoms with E-state index in [-0.39, 0.29) is 11.3 Å². The van der Waals surface area contributed by atoms with Crippen LogP contribution in [-0.2, 0) is 14.3 Å². The number of benzene rings is 2. The maximum absolute atomic E-state index is 13.4. The van der Waals surface area contributed by atoms with Crippen LogP contribution in [0, 0.1) is 0 Å². The van der Waals surface area contributed by atoms with Crippen molar-refractivity contribution in [1.29, 1.82) is 0 Å². The van der Waals surface area contributed by atoms with Crippen LogP contribution in [0.15, 0.2) is 42.0 Å². The van der Waals surface area contributed by atoms with Gasteiger partial charge in [-0.3, -0.25) is 14.5 Å². The molecular weight excluding hydrogens is 480 g/mol. The first-order valence-corrected chi connectivity index (χ1v) is 12.0. The summed E-state index contributed by atoms with van der Waals surface area (Å²) in [7, 11) is 6.04. The Morgan fingerprint density at radius 1 is 0.865 bits per heavy atom. The van der Waals surface area contributed by atoms with Crippen molar-refractivity contribution >= 4 is 17.4 Å². The lowest BCUT2D eigenvalue weighted by Gasteiger charge is -2.31. The molecule has 1 N–H and O–H groups in total. The molecule has 0 radical (unpaired) electrons. The van der Waals surface area contributed by atoms with Gasteiger partial charge in [-0.1, -0.05) is 6.07 Å². The molecule has 2 aromatic carbocycles. The summed E-state index contributed by atoms with van der Waals surface area (Å²) in [4.78, 5) is 30.4. The monoisotopic (exact) mass is 512 g/mol. The molecule has 0 spiro atoms. The van der Waals surface area contributed by atoms with Gasteiger partial charge in [0, 0.05) is 31.7 Å². The Bertz CT molecular complexity index is 1190. The highest BCUT2D eigenvalue weighted by molar-refractivity contribution is 6.46. The summed E-state index contributed by atoms with van der Waals surface area (Å²) in [6, 6.07) is 9.19. The lowest BCUT2D eigenvalue weighted by Crippen LogP contribution is -2.42. The fourth-order valence-electron chi connectivity index (χ4n) is 4.69. The molecule has 2 aliphatic rings. The molecule has 2 heterocycles. The van der Waals surface area contributed by atoms with Gasteiger partial charge in [0.2, 0.25) is 0 Å². The first-order chi connectivity index (χ1) is 17.9. The molecule has 0 saturated carbocycles. The number of hydrogen-bond donors (Lipinski definition) is 1. The molecule has 0 unspecified atom stereocenters. The van der Waals surface area contributed by atoms with Crippen molar-refractivity contribution in [1.82, 2.24) is 9.80 Å². The second-order valence-corrected chi connectivity index (χ2v) is 8.63. The summed E-state index contributed by atoms with van der Waals surface area (Å²) < 4.78 is 26.9. The molecule has 198 valence electrons. The summed E-state index contributed by atoms with van der Waals surface area (Å²) in [6.07, 6.45) is 0. The van der Waals surface area contributed by atoms with Crippen LogP contribution in [0.1, 0.15) is 17.2 Å². The quantitative estimate of drug-likeness (QED) is 0.308. The zero-order valence-corrected chi connectivity index (χ0v) is 21.5. The van der Waals surface area contributed by atoms with Gasteiger partial charge in [0.1, 0.15) is 5.76 Å². The van der Waals surface area contributed by atoms with Crippen molar-refractivity contribution in [2.24, 2.45) is 0 Å². The van der Waals surface area contributed by atoms with E-state index < -0.39 is 17.7 Å². The smallest absolute Gasteiger partial charge is 0.295 e. The average molecular weight is 513 g/mol. The molecule has 10 nitrogen and oxygen atoms in total. The highest BCUT2D eigenvalue weighted by atomic mass is 16.5. The SMILES string of the molecule is COc1ccc(/C(O)=C2\C(=O)C(=O)N(CCN3CCOCC3)[C@H]2c2ccc(OC)c(OC)c2)cc1OC. The number of hydrogen-bond acceptors (Lipinski definition) is 9. The Hall–Kier alpha value is -3.76. The van der Waals surface area contributed by atoms with E-state index >= 15 is 0 Å². The molecule has 2 aromatic rings. The van der Waals surface area contributed by atoms with E-state index in [0.29, 0.717) is 60.4 Å². The molecular formula is C27H32N2O8. The van der Waals surface area contributed by atoms with Crippen molar-refractivity contribution in [3.05, 3.63) is 53.1 Å². The molecule has 2 fully saturated rings. The van der Waals surface area contributed by atoms with Gasteiger partial charge in [0.05, 0.1) is 53.3 Å². The second-order valence-electron chi connectivity index (χ2n) is 8.63. The van der Waals surface area contributed by atoms with Crippen molar-refractivity contribution in [2.75, 3.05) is 67.8 Å². The number of nitrogens with zero attached hydrogens (tertiary/aromatic N) is 2. The maximum Gasteiger partial charge on any atom is 0.295 e. The maximum atomic E-state index is 13.4. The largest absolute Gasteiger partial charge is 0.507 e. The molecule has 37 heavy (non-hydrogen) atoms. The molecule has 2 aliphatic heterocycles. The second kappa shape index (κ2) is 11.5. The fraction of sp³-hybridized carbons (Fsp3) is 0.407. The van der Waals surface area contributed by atoms with Crippen molar-refractivity contribution in [2.45, 2.75) is 6.04 Å². The van der Waals surface area contributed by atoms with Gasteiger partial charge in [-0.25, -0.2) is 0 Å². The van der Waals surface area contributed by atoms with Crippen molar-refractivity contribution < 1.29 is 38.4 Å². The van der Waals surface area contributed by atoms with Crippen LogP contribution < -0.4 is 18.9 Å². The van der Waals surface area contributed by atoms with Gasteiger partial charge < -0.3 is 33.7 Å². The summed E-state index contributed by atoms with van der Waals surface area (Å²) >= 11 is 0. The van der Waals surface area contributed by atoms with Crippen LogP contribution in [0.2, 0.25) is 0 Å². The van der Waals surface area contributed by atoms with Crippen LogP contribution >= 0.6 is 0 Å². The Morgan fingerprint density at radius 3 is 2.08 bits per heavy atom. The van der Waals surface area contributed by atoms with Crippen LogP contribution in [-0.4, -0.2) is 94.4 Å². The lowest BCUT2D eigenvalue weighted by atomic mass is 9.94. The zero-order valence-electron chi connectivity index (χ0n) is 21.5. The third-order valence-corrected chi connectivity index (χ3v) is 6.68. The van der Waals surface area contributed by atoms with Gasteiger partial charge in [-0.05, 0) is 35.9 Å². The number of carbonyl (C=O) groups excluding carboxylic acids is 2. The molecule has 4 rings (SSSR count). The molecule has 2 saturated heterocycles. The van der Waals surface area contributed by atoms with E-state index in [4.69, 9.17) is 23.7 Å². The fourth-order valence-corrected chi connectivity index (χ4v) is 4.69. The Balaban J connectivity index is 1.80. The molecule has 10 heteroatoms. The number of ketones is 1. The third-order valence-electron chi connectivity index (χ3n) is 6.68. The number of amides is 1. The Labute approximate surface area is 215 Å². The normalized spacial score (nSPS) is 19.7. The Morgan fingerprint density at radius 2 is 1.46 bits per heavy atom. The standard InChI is InChI=1S/C27H32N2O8/c1-33-19-7-5-17(15-21(19)35-3)24-23(25(30)18-6-8-20(34-2)22(16-18)36-4)26(31)27(32)29(24)10-9-28-11-13-37-14-12-28/h5-8,15-16,24,30H,9-14H2,1-4H3/b25-23+/t24-/m0/s1. The first kappa shape index (κ1) is 26.3. The zero-order chi connectivity index (χ0) is 26.5. The summed E-state index contributed by atoms with van der Waals surface area (Å²) in [5, 5.41) is 11.4. The minimum atomic E-state index is -0.825. The minimum absolute atomic E-state index is 0.00795. The predicted octanol–water partition coefficient (Wildman–Crippen LogP) is 2.47. The van der Waals surface area contributed by atoms with Gasteiger partial charge in [0.25, 0.3) is 11.7 Å². The van der Waals surface area contributed by atoms with E-state index in [9.17, 15) is 14.7 Å². The van der Waals surface area contributed by atoms with Crippen molar-refractivity contribution in [3.63, 3.8) is 0 Å². The minimum Gasteiger partial charge on any atom is -0.507 e. The van der Waals surface area contributed by atoms with Crippen LogP contribution in [0.3, 0.4) is 0 Å². The van der Waals surface area contributed by atoms with Crippen molar-refractivity contribution in [3.8, 4) is 23.0 Å². The number of methoxy groups -OCH3 is 4. The van der Waals surface area contributed by atoms with E-state index in [1.165, 1.54) is 33.3 Å². The number of aliphatic hydroxyl groups is 1. The van der Waals surface area contributed by atoms with E-state index in [1.54, 1.807) is 36.4 Å². The Kier molecular flexibility index (Phi) is 8.20. The van der Waals surface area contributed by atoms with Gasteiger partial charge >= 0.3 is 0 Å². The average Bonchev–Trinajstić information content (AvgIpc) is 3.20. The number of morpholine rings is 1. The molecule has 1 amide bonds. The van der Waals surface area contributed by atoms with E-state index in [1.807, 2.05) is 0 Å². The number of rotatable bonds is 9. The van der Waals surface area contributed by atoms with Crippen LogP contribution in [0.4, 0.5) is 0 Å². The summed E-state index contributed by atoms with van der Waals surface area (Å²) in [5.74, 6) is 0.0931. The highest BCUT2D eigenvalue weighted by Crippen LogP contribution is 2.42. The van der Waals surface area contributed by atoms with E-state index in [2.05, 4.69) is 4.90 Å². The predicted molar refractivity (Wildman–Crippen MR) is 135 cm³/mol. The number of aliphatic hydroxyl groups excluding tert-OH is 1. The van der Waals surface area contributed by atoms with E-state index in [0.717, 1.165) is 13.1 Å². The number of likely N-dealkylation sites (tertiary alicyclic amines) is 1. The summed E-state index contributed by atoms with van der Waals surface area (Å²) in [5.41, 5.74) is 0.932. The topological polar surface area (TPSA) is 107 Å². The highest BCUT2D eigenvalue weighted by Gasteiger charge is 2.46. The van der Waals surface area contributed by atoms with Gasteiger partial charge in [-0.15, -0.1) is 0 Å². The van der Waals surface area contributed by atoms with Crippen LogP contribution in [0.25, 0.3) is 5.76 Å². The first-order valence-electron chi connectivity index (χ1n) is 12.0. The summed E-state index contributed by atoms with van der Waals surface area (Å²) in [6.45, 7) is 3.60. The third kappa shape index (κ3) is 5.21. The van der Waals surface area contributed by atoms with Gasteiger partial charge in [-0.2, -0.15) is 0 Å². The number of ether oxygens (including phenoxy) is 5. The lowest BCUT2D eigenvalue weighted by molar-refractivity contribution is -0.140. The van der Waals surface area contributed by atoms with Gasteiger partial charge in [0.15, 0.2) is 23.0 Å². The molecule has 0 bridgehead atoms. The number of Topliss-reactive ketones (excluding diaryl/α,β-unsaturated/α-hetero) is 1. The number of carbonyl (C=O) groups is 2.